The van der Waals surface area contributed by atoms with Crippen molar-refractivity contribution < 1.29 is 18.7 Å². The van der Waals surface area contributed by atoms with Gasteiger partial charge in [-0.05, 0) is 25.1 Å². The molecule has 2 N–H and O–H groups in total. The second kappa shape index (κ2) is 8.12. The SMILES string of the molecule is CC(C)[C@@H](NC(=O)c1ccco1)C(=O)NC[C@H]1CN(C)CCO1. The van der Waals surface area contributed by atoms with Crippen molar-refractivity contribution in [1.82, 2.24) is 15.5 Å². The van der Waals surface area contributed by atoms with E-state index in [4.69, 9.17) is 9.15 Å². The number of carbonyl (C=O) groups excluding carboxylic acids is 2. The van der Waals surface area contributed by atoms with E-state index in [1.54, 1.807) is 12.1 Å². The minimum Gasteiger partial charge on any atom is -0.459 e. The Labute approximate surface area is 136 Å². The third-order valence-electron chi connectivity index (χ3n) is 3.83. The van der Waals surface area contributed by atoms with Gasteiger partial charge < -0.3 is 24.7 Å². The molecule has 0 radical (unpaired) electrons. The number of morpholine rings is 1. The average molecular weight is 323 g/mol. The van der Waals surface area contributed by atoms with E-state index >= 15 is 0 Å². The summed E-state index contributed by atoms with van der Waals surface area (Å²) in [5, 5.41) is 5.59. The van der Waals surface area contributed by atoms with Gasteiger partial charge in [-0.2, -0.15) is 0 Å². The van der Waals surface area contributed by atoms with E-state index in [1.807, 2.05) is 20.9 Å². The van der Waals surface area contributed by atoms with Crippen molar-refractivity contribution >= 4 is 11.8 Å². The molecular weight excluding hydrogens is 298 g/mol. The summed E-state index contributed by atoms with van der Waals surface area (Å²) < 4.78 is 10.7. The van der Waals surface area contributed by atoms with Gasteiger partial charge in [-0.3, -0.25) is 9.59 Å². The number of nitrogens with zero attached hydrogens (tertiary/aromatic N) is 1. The number of amides is 2. The average Bonchev–Trinajstić information content (AvgIpc) is 3.04. The van der Waals surface area contributed by atoms with Gasteiger partial charge in [-0.15, -0.1) is 0 Å². The summed E-state index contributed by atoms with van der Waals surface area (Å²) >= 11 is 0. The molecule has 2 heterocycles. The third kappa shape index (κ3) is 5.07. The molecule has 1 aliphatic heterocycles. The predicted octanol–water partition coefficient (Wildman–Crippen LogP) is 0.481. The molecular formula is C16H25N3O4. The van der Waals surface area contributed by atoms with Crippen LogP contribution in [0.3, 0.4) is 0 Å². The topological polar surface area (TPSA) is 83.8 Å². The number of hydrogen-bond acceptors (Lipinski definition) is 5. The Balaban J connectivity index is 1.86. The van der Waals surface area contributed by atoms with Crippen molar-refractivity contribution in [1.29, 1.82) is 0 Å². The van der Waals surface area contributed by atoms with E-state index in [-0.39, 0.29) is 23.7 Å². The van der Waals surface area contributed by atoms with Crippen LogP contribution in [0, 0.1) is 5.92 Å². The van der Waals surface area contributed by atoms with E-state index in [2.05, 4.69) is 15.5 Å². The minimum atomic E-state index is -0.617. The maximum absolute atomic E-state index is 12.4. The van der Waals surface area contributed by atoms with Gasteiger partial charge in [-0.1, -0.05) is 13.8 Å². The number of hydrogen-bond donors (Lipinski definition) is 2. The zero-order chi connectivity index (χ0) is 16.8. The van der Waals surface area contributed by atoms with Gasteiger partial charge in [0.15, 0.2) is 5.76 Å². The fourth-order valence-corrected chi connectivity index (χ4v) is 2.47. The van der Waals surface area contributed by atoms with Gasteiger partial charge in [-0.25, -0.2) is 0 Å². The lowest BCUT2D eigenvalue weighted by Crippen LogP contribution is -2.53. The second-order valence-electron chi connectivity index (χ2n) is 6.17. The highest BCUT2D eigenvalue weighted by molar-refractivity contribution is 5.95. The third-order valence-corrected chi connectivity index (χ3v) is 3.83. The molecule has 2 rings (SSSR count). The first-order valence-corrected chi connectivity index (χ1v) is 7.89. The van der Waals surface area contributed by atoms with Gasteiger partial charge in [0.2, 0.25) is 5.91 Å². The molecule has 0 saturated carbocycles. The molecule has 7 heteroatoms. The maximum Gasteiger partial charge on any atom is 0.287 e. The maximum atomic E-state index is 12.4. The number of furan rings is 1. The van der Waals surface area contributed by atoms with Crippen molar-refractivity contribution in [2.24, 2.45) is 5.92 Å². The normalized spacial score (nSPS) is 20.3. The Morgan fingerprint density at radius 3 is 2.83 bits per heavy atom. The fourth-order valence-electron chi connectivity index (χ4n) is 2.47. The molecule has 0 aliphatic carbocycles. The van der Waals surface area contributed by atoms with E-state index in [0.29, 0.717) is 13.2 Å². The van der Waals surface area contributed by atoms with Crippen LogP contribution in [0.2, 0.25) is 0 Å². The van der Waals surface area contributed by atoms with Gasteiger partial charge in [0.05, 0.1) is 19.0 Å². The summed E-state index contributed by atoms with van der Waals surface area (Å²) in [5.41, 5.74) is 0. The van der Waals surface area contributed by atoms with Crippen molar-refractivity contribution in [3.8, 4) is 0 Å². The van der Waals surface area contributed by atoms with Crippen LogP contribution in [-0.4, -0.2) is 62.1 Å². The molecule has 1 aromatic rings. The van der Waals surface area contributed by atoms with Crippen molar-refractivity contribution in [3.05, 3.63) is 24.2 Å². The lowest BCUT2D eigenvalue weighted by molar-refractivity contribution is -0.125. The number of ether oxygens (including phenoxy) is 1. The number of likely N-dealkylation sites (N-methyl/N-ethyl adjacent to an activating group) is 1. The molecule has 0 unspecified atom stereocenters. The summed E-state index contributed by atoms with van der Waals surface area (Å²) in [6, 6.07) is 2.58. The Kier molecular flexibility index (Phi) is 6.18. The summed E-state index contributed by atoms with van der Waals surface area (Å²) in [5.74, 6) is -0.446. The van der Waals surface area contributed by atoms with Crippen LogP contribution in [0.15, 0.2) is 22.8 Å². The highest BCUT2D eigenvalue weighted by Crippen LogP contribution is 2.07. The first kappa shape index (κ1) is 17.5. The number of carbonyl (C=O) groups is 2. The number of rotatable bonds is 6. The monoisotopic (exact) mass is 323 g/mol. The molecule has 1 saturated heterocycles. The van der Waals surface area contributed by atoms with Crippen LogP contribution >= 0.6 is 0 Å². The van der Waals surface area contributed by atoms with Crippen LogP contribution in [0.5, 0.6) is 0 Å². The van der Waals surface area contributed by atoms with Crippen LogP contribution in [0.1, 0.15) is 24.4 Å². The highest BCUT2D eigenvalue weighted by atomic mass is 16.5. The van der Waals surface area contributed by atoms with E-state index in [9.17, 15) is 9.59 Å². The molecule has 23 heavy (non-hydrogen) atoms. The molecule has 7 nitrogen and oxygen atoms in total. The first-order valence-electron chi connectivity index (χ1n) is 7.89. The zero-order valence-corrected chi connectivity index (χ0v) is 13.9. The molecule has 0 bridgehead atoms. The smallest absolute Gasteiger partial charge is 0.287 e. The van der Waals surface area contributed by atoms with E-state index < -0.39 is 11.9 Å². The standard InChI is InChI=1S/C16H25N3O4/c1-11(2)14(18-15(20)13-5-4-7-23-13)16(21)17-9-12-10-19(3)6-8-22-12/h4-5,7,11-12,14H,6,8-10H2,1-3H3,(H,17,21)(H,18,20)/t12-,14+/m0/s1. The van der Waals surface area contributed by atoms with Gasteiger partial charge >= 0.3 is 0 Å². The van der Waals surface area contributed by atoms with Crippen molar-refractivity contribution in [2.75, 3.05) is 33.3 Å². The molecule has 2 amide bonds. The minimum absolute atomic E-state index is 0.0220. The van der Waals surface area contributed by atoms with Gasteiger partial charge in [0, 0.05) is 19.6 Å². The zero-order valence-electron chi connectivity index (χ0n) is 13.9. The molecule has 0 aromatic carbocycles. The Hall–Kier alpha value is -1.86. The Morgan fingerprint density at radius 1 is 1.43 bits per heavy atom. The first-order chi connectivity index (χ1) is 11.0. The summed E-state index contributed by atoms with van der Waals surface area (Å²) in [7, 11) is 2.03. The van der Waals surface area contributed by atoms with Gasteiger partial charge in [0.25, 0.3) is 5.91 Å². The van der Waals surface area contributed by atoms with Crippen molar-refractivity contribution in [2.45, 2.75) is 26.0 Å². The molecule has 0 spiro atoms. The molecule has 1 aromatic heterocycles. The summed E-state index contributed by atoms with van der Waals surface area (Å²) in [6.07, 6.45) is 1.40. The lowest BCUT2D eigenvalue weighted by atomic mass is 10.0. The molecule has 2 atom stereocenters. The quantitative estimate of drug-likeness (QED) is 0.795. The largest absolute Gasteiger partial charge is 0.459 e. The molecule has 1 aliphatic rings. The Bertz CT molecular complexity index is 515. The number of nitrogens with one attached hydrogen (secondary N) is 2. The second-order valence-corrected chi connectivity index (χ2v) is 6.17. The lowest BCUT2D eigenvalue weighted by Gasteiger charge is -2.30. The van der Waals surface area contributed by atoms with Gasteiger partial charge in [0.1, 0.15) is 6.04 Å². The highest BCUT2D eigenvalue weighted by Gasteiger charge is 2.26. The van der Waals surface area contributed by atoms with Crippen LogP contribution in [-0.2, 0) is 9.53 Å². The molecule has 1 fully saturated rings. The summed E-state index contributed by atoms with van der Waals surface area (Å²) in [6.45, 7) is 6.56. The van der Waals surface area contributed by atoms with E-state index in [0.717, 1.165) is 13.1 Å². The van der Waals surface area contributed by atoms with Crippen LogP contribution in [0.4, 0.5) is 0 Å². The van der Waals surface area contributed by atoms with Crippen molar-refractivity contribution in [3.63, 3.8) is 0 Å². The predicted molar refractivity (Wildman–Crippen MR) is 85.0 cm³/mol. The van der Waals surface area contributed by atoms with Crippen LogP contribution in [0.25, 0.3) is 0 Å². The Morgan fingerprint density at radius 2 is 2.22 bits per heavy atom. The van der Waals surface area contributed by atoms with E-state index in [1.165, 1.54) is 6.26 Å². The van der Waals surface area contributed by atoms with Crippen LogP contribution < -0.4 is 10.6 Å². The fraction of sp³-hybridized carbons (Fsp3) is 0.625. The molecule has 128 valence electrons. The summed E-state index contributed by atoms with van der Waals surface area (Å²) in [4.78, 5) is 26.6.